The van der Waals surface area contributed by atoms with Crippen LogP contribution in [-0.2, 0) is 19.4 Å². The van der Waals surface area contributed by atoms with Gasteiger partial charge in [0, 0.05) is 18.2 Å². The van der Waals surface area contributed by atoms with E-state index in [0.29, 0.717) is 17.1 Å². The van der Waals surface area contributed by atoms with Crippen molar-refractivity contribution in [1.82, 2.24) is 0 Å². The quantitative estimate of drug-likeness (QED) is 0.820. The van der Waals surface area contributed by atoms with E-state index in [9.17, 15) is 18.0 Å². The van der Waals surface area contributed by atoms with E-state index < -0.39 is 15.1 Å². The zero-order valence-electron chi connectivity index (χ0n) is 15.0. The van der Waals surface area contributed by atoms with Crippen molar-refractivity contribution in [2.45, 2.75) is 30.4 Å². The van der Waals surface area contributed by atoms with Crippen molar-refractivity contribution in [3.05, 3.63) is 48.0 Å². The first-order chi connectivity index (χ1) is 12.8. The highest BCUT2D eigenvalue weighted by Gasteiger charge is 2.28. The van der Waals surface area contributed by atoms with Gasteiger partial charge in [-0.05, 0) is 43.7 Å². The predicted molar refractivity (Wildman–Crippen MR) is 102 cm³/mol. The molecule has 2 aromatic rings. The fourth-order valence-electron chi connectivity index (χ4n) is 2.77. The Kier molecular flexibility index (Phi) is 5.18. The number of carbonyl (C=O) groups excluding carboxylic acids is 2. The summed E-state index contributed by atoms with van der Waals surface area (Å²) in [5.74, 6) is -0.371. The number of anilines is 2. The molecule has 0 saturated heterocycles. The van der Waals surface area contributed by atoms with Crippen molar-refractivity contribution in [2.75, 3.05) is 17.2 Å². The SMILES string of the molecule is Cc1cccc(NC(=O)CC(C)S(=O)(=O)c2ccc3c(c2)OCC(=O)N3)c1. The van der Waals surface area contributed by atoms with Crippen LogP contribution in [0.1, 0.15) is 18.9 Å². The van der Waals surface area contributed by atoms with E-state index >= 15 is 0 Å². The average Bonchev–Trinajstić information content (AvgIpc) is 2.61. The summed E-state index contributed by atoms with van der Waals surface area (Å²) >= 11 is 0. The van der Waals surface area contributed by atoms with Crippen LogP contribution in [0.25, 0.3) is 0 Å². The van der Waals surface area contributed by atoms with Crippen molar-refractivity contribution in [3.63, 3.8) is 0 Å². The largest absolute Gasteiger partial charge is 0.482 e. The van der Waals surface area contributed by atoms with Crippen LogP contribution in [0.4, 0.5) is 11.4 Å². The molecular weight excluding hydrogens is 368 g/mol. The predicted octanol–water partition coefficient (Wildman–Crippen LogP) is 2.52. The summed E-state index contributed by atoms with van der Waals surface area (Å²) in [6, 6.07) is 11.5. The van der Waals surface area contributed by atoms with E-state index in [-0.39, 0.29) is 29.7 Å². The molecule has 0 aromatic heterocycles. The van der Waals surface area contributed by atoms with Crippen LogP contribution in [0.5, 0.6) is 5.75 Å². The Labute approximate surface area is 157 Å². The van der Waals surface area contributed by atoms with E-state index in [4.69, 9.17) is 4.74 Å². The van der Waals surface area contributed by atoms with E-state index in [2.05, 4.69) is 10.6 Å². The molecule has 1 heterocycles. The first kappa shape index (κ1) is 18.9. The maximum absolute atomic E-state index is 12.8. The maximum atomic E-state index is 12.8. The Morgan fingerprint density at radius 2 is 2.04 bits per heavy atom. The van der Waals surface area contributed by atoms with Gasteiger partial charge in [-0.3, -0.25) is 9.59 Å². The second-order valence-corrected chi connectivity index (χ2v) is 8.84. The number of nitrogens with one attached hydrogen (secondary N) is 2. The standard InChI is InChI=1S/C19H20N2O5S/c1-12-4-3-5-14(8-12)20-18(22)9-13(2)27(24,25)15-6-7-16-17(10-15)26-11-19(23)21-16/h3-8,10,13H,9,11H2,1-2H3,(H,20,22)(H,21,23). The molecule has 2 N–H and O–H groups in total. The zero-order chi connectivity index (χ0) is 19.6. The second-order valence-electron chi connectivity index (χ2n) is 6.47. The molecule has 0 saturated carbocycles. The summed E-state index contributed by atoms with van der Waals surface area (Å²) < 4.78 is 30.9. The highest BCUT2D eigenvalue weighted by Crippen LogP contribution is 2.31. The molecule has 0 radical (unpaired) electrons. The minimum atomic E-state index is -3.74. The summed E-state index contributed by atoms with van der Waals surface area (Å²) in [6.07, 6.45) is -0.176. The lowest BCUT2D eigenvalue weighted by Gasteiger charge is -2.19. The van der Waals surface area contributed by atoms with E-state index in [1.54, 1.807) is 6.07 Å². The smallest absolute Gasteiger partial charge is 0.262 e. The molecule has 0 spiro atoms. The van der Waals surface area contributed by atoms with Gasteiger partial charge < -0.3 is 15.4 Å². The molecule has 142 valence electrons. The third-order valence-corrected chi connectivity index (χ3v) is 6.36. The Bertz CT molecular complexity index is 1000. The monoisotopic (exact) mass is 388 g/mol. The summed E-state index contributed by atoms with van der Waals surface area (Å²) in [5, 5.41) is 4.41. The highest BCUT2D eigenvalue weighted by molar-refractivity contribution is 7.92. The molecule has 2 amide bonds. The summed E-state index contributed by atoms with van der Waals surface area (Å²) in [4.78, 5) is 23.6. The zero-order valence-corrected chi connectivity index (χ0v) is 15.8. The Morgan fingerprint density at radius 3 is 2.78 bits per heavy atom. The lowest BCUT2D eigenvalue weighted by Crippen LogP contribution is -2.27. The fraction of sp³-hybridized carbons (Fsp3) is 0.263. The number of benzene rings is 2. The van der Waals surface area contributed by atoms with Crippen molar-refractivity contribution in [3.8, 4) is 5.75 Å². The summed E-state index contributed by atoms with van der Waals surface area (Å²) in [7, 11) is -3.74. The Morgan fingerprint density at radius 1 is 1.26 bits per heavy atom. The van der Waals surface area contributed by atoms with Gasteiger partial charge in [0.25, 0.3) is 5.91 Å². The van der Waals surface area contributed by atoms with Gasteiger partial charge in [0.2, 0.25) is 5.91 Å². The van der Waals surface area contributed by atoms with Gasteiger partial charge >= 0.3 is 0 Å². The van der Waals surface area contributed by atoms with Crippen molar-refractivity contribution >= 4 is 33.0 Å². The van der Waals surface area contributed by atoms with Crippen LogP contribution in [0, 0.1) is 6.92 Å². The number of carbonyl (C=O) groups is 2. The molecule has 0 aliphatic carbocycles. The van der Waals surface area contributed by atoms with Gasteiger partial charge in [-0.2, -0.15) is 0 Å². The molecule has 1 aliphatic heterocycles. The van der Waals surface area contributed by atoms with Gasteiger partial charge in [-0.1, -0.05) is 12.1 Å². The van der Waals surface area contributed by atoms with Crippen LogP contribution in [0.15, 0.2) is 47.4 Å². The van der Waals surface area contributed by atoms with E-state index in [1.807, 2.05) is 25.1 Å². The van der Waals surface area contributed by atoms with Crippen LogP contribution in [-0.4, -0.2) is 32.1 Å². The lowest BCUT2D eigenvalue weighted by molar-refractivity contribution is -0.118. The molecule has 27 heavy (non-hydrogen) atoms. The van der Waals surface area contributed by atoms with Crippen molar-refractivity contribution in [1.29, 1.82) is 0 Å². The minimum Gasteiger partial charge on any atom is -0.482 e. The number of aryl methyl sites for hydroxylation is 1. The minimum absolute atomic E-state index is 0.0493. The first-order valence-electron chi connectivity index (χ1n) is 8.43. The number of amides is 2. The molecule has 1 unspecified atom stereocenters. The number of sulfone groups is 1. The van der Waals surface area contributed by atoms with Crippen molar-refractivity contribution in [2.24, 2.45) is 0 Å². The van der Waals surface area contributed by atoms with E-state index in [1.165, 1.54) is 25.1 Å². The van der Waals surface area contributed by atoms with E-state index in [0.717, 1.165) is 5.56 Å². The number of rotatable bonds is 5. The van der Waals surface area contributed by atoms with Gasteiger partial charge in [-0.25, -0.2) is 8.42 Å². The van der Waals surface area contributed by atoms with Crippen LogP contribution < -0.4 is 15.4 Å². The summed E-state index contributed by atoms with van der Waals surface area (Å²) in [6.45, 7) is 3.24. The third kappa shape index (κ3) is 4.28. The van der Waals surface area contributed by atoms with Gasteiger partial charge in [-0.15, -0.1) is 0 Å². The third-order valence-electron chi connectivity index (χ3n) is 4.22. The molecule has 3 rings (SSSR count). The second kappa shape index (κ2) is 7.40. The number of hydrogen-bond donors (Lipinski definition) is 2. The Balaban J connectivity index is 1.72. The Hall–Kier alpha value is -2.87. The number of hydrogen-bond acceptors (Lipinski definition) is 5. The molecule has 8 heteroatoms. The number of ether oxygens (including phenoxy) is 1. The van der Waals surface area contributed by atoms with Crippen molar-refractivity contribution < 1.29 is 22.7 Å². The average molecular weight is 388 g/mol. The molecule has 2 aromatic carbocycles. The highest BCUT2D eigenvalue weighted by atomic mass is 32.2. The van der Waals surface area contributed by atoms with Crippen LogP contribution >= 0.6 is 0 Å². The maximum Gasteiger partial charge on any atom is 0.262 e. The molecule has 1 aliphatic rings. The summed E-state index contributed by atoms with van der Waals surface area (Å²) in [5.41, 5.74) is 2.05. The molecule has 7 nitrogen and oxygen atoms in total. The topological polar surface area (TPSA) is 102 Å². The molecule has 0 fully saturated rings. The van der Waals surface area contributed by atoms with Crippen LogP contribution in [0.3, 0.4) is 0 Å². The lowest BCUT2D eigenvalue weighted by atomic mass is 10.2. The fourth-order valence-corrected chi connectivity index (χ4v) is 4.13. The van der Waals surface area contributed by atoms with Crippen LogP contribution in [0.2, 0.25) is 0 Å². The van der Waals surface area contributed by atoms with Gasteiger partial charge in [0.05, 0.1) is 15.8 Å². The molecule has 0 bridgehead atoms. The van der Waals surface area contributed by atoms with Gasteiger partial charge in [0.15, 0.2) is 16.4 Å². The molecular formula is C19H20N2O5S. The van der Waals surface area contributed by atoms with Gasteiger partial charge in [0.1, 0.15) is 5.75 Å². The normalized spacial score (nSPS) is 14.5. The first-order valence-corrected chi connectivity index (χ1v) is 9.97. The number of fused-ring (bicyclic) bond motifs is 1. The molecule has 1 atom stereocenters.